The fourth-order valence-corrected chi connectivity index (χ4v) is 4.45. The first-order chi connectivity index (χ1) is 19.8. The van der Waals surface area contributed by atoms with E-state index in [0.29, 0.717) is 24.1 Å². The van der Waals surface area contributed by atoms with Gasteiger partial charge in [-0.2, -0.15) is 13.2 Å². The highest BCUT2D eigenvalue weighted by Gasteiger charge is 2.42. The van der Waals surface area contributed by atoms with E-state index in [9.17, 15) is 32.3 Å². The molecule has 8 nitrogen and oxygen atoms in total. The number of para-hydroxylation sites is 1. The van der Waals surface area contributed by atoms with E-state index in [2.05, 4.69) is 17.2 Å². The molecule has 4 amide bonds. The smallest absolute Gasteiger partial charge is 0.342 e. The third-order valence-corrected chi connectivity index (χ3v) is 6.78. The van der Waals surface area contributed by atoms with Crippen LogP contribution in [-0.2, 0) is 25.6 Å². The summed E-state index contributed by atoms with van der Waals surface area (Å²) in [6.45, 7) is 9.32. The van der Waals surface area contributed by atoms with Crippen LogP contribution in [0.2, 0.25) is 0 Å². The summed E-state index contributed by atoms with van der Waals surface area (Å²) >= 11 is 0. The molecular weight excluding hydrogens is 549 g/mol. The lowest BCUT2D eigenvalue weighted by Crippen LogP contribution is -2.59. The number of alkyl halides is 3. The van der Waals surface area contributed by atoms with Crippen molar-refractivity contribution < 1.29 is 32.3 Å². The van der Waals surface area contributed by atoms with Crippen molar-refractivity contribution in [2.45, 2.75) is 64.3 Å². The molecule has 11 heteroatoms. The highest BCUT2D eigenvalue weighted by molar-refractivity contribution is 5.99. The highest BCUT2D eigenvalue weighted by Crippen LogP contribution is 2.20. The van der Waals surface area contributed by atoms with E-state index in [0.717, 1.165) is 0 Å². The van der Waals surface area contributed by atoms with Gasteiger partial charge in [-0.05, 0) is 36.5 Å². The first-order valence-corrected chi connectivity index (χ1v) is 13.8. The van der Waals surface area contributed by atoms with E-state index in [1.54, 1.807) is 72.9 Å². The maximum atomic E-state index is 13.9. The number of nitrogens with one attached hydrogen (secondary N) is 3. The zero-order valence-electron chi connectivity index (χ0n) is 24.3. The zero-order valence-corrected chi connectivity index (χ0v) is 24.3. The van der Waals surface area contributed by atoms with Gasteiger partial charge in [0.25, 0.3) is 0 Å². The molecule has 2 aromatic rings. The summed E-state index contributed by atoms with van der Waals surface area (Å²) in [7, 11) is 1.45. The third kappa shape index (κ3) is 10.0. The fourth-order valence-electron chi connectivity index (χ4n) is 4.45. The Hall–Kier alpha value is -4.15. The summed E-state index contributed by atoms with van der Waals surface area (Å²) in [5.74, 6) is -4.89. The second kappa shape index (κ2) is 15.7. The lowest BCUT2D eigenvalue weighted by molar-refractivity contribution is -0.174. The van der Waals surface area contributed by atoms with Gasteiger partial charge in [0.2, 0.25) is 17.7 Å². The number of rotatable bonds is 14. The molecule has 0 aliphatic carbocycles. The van der Waals surface area contributed by atoms with E-state index in [-0.39, 0.29) is 12.3 Å². The van der Waals surface area contributed by atoms with Crippen molar-refractivity contribution in [1.82, 2.24) is 15.5 Å². The van der Waals surface area contributed by atoms with Crippen molar-refractivity contribution in [1.29, 1.82) is 0 Å². The molecule has 0 aliphatic heterocycles. The van der Waals surface area contributed by atoms with E-state index in [4.69, 9.17) is 0 Å². The number of nitrogens with zero attached hydrogens (tertiary/aromatic N) is 1. The SMILES string of the molecule is C=CC(CC)[C@@H](NC(=O)[C@H](Cc1ccccc1)NC(=O)C(F)(F)F)C(=O)N(C)[C@@H](CC(C)C)C(=O)Nc1ccccc1. The predicted octanol–water partition coefficient (Wildman–Crippen LogP) is 4.49. The fraction of sp³-hybridized carbons (Fsp3) is 0.419. The Kier molecular flexibility index (Phi) is 12.8. The van der Waals surface area contributed by atoms with Crippen LogP contribution >= 0.6 is 0 Å². The van der Waals surface area contributed by atoms with Crippen LogP contribution in [0, 0.1) is 11.8 Å². The molecule has 0 saturated carbocycles. The number of likely N-dealkylation sites (N-methyl/N-ethyl adjacent to an activating group) is 1. The zero-order chi connectivity index (χ0) is 31.4. The number of carbonyl (C=O) groups is 4. The Morgan fingerprint density at radius 1 is 0.929 bits per heavy atom. The van der Waals surface area contributed by atoms with Crippen molar-refractivity contribution in [2.24, 2.45) is 11.8 Å². The van der Waals surface area contributed by atoms with Gasteiger partial charge in [-0.3, -0.25) is 19.2 Å². The monoisotopic (exact) mass is 588 g/mol. The molecule has 3 N–H and O–H groups in total. The molecule has 0 radical (unpaired) electrons. The van der Waals surface area contributed by atoms with Gasteiger partial charge < -0.3 is 20.9 Å². The molecule has 4 atom stereocenters. The summed E-state index contributed by atoms with van der Waals surface area (Å²) in [5.41, 5.74) is 1.05. The lowest BCUT2D eigenvalue weighted by atomic mass is 9.93. The number of benzene rings is 2. The third-order valence-electron chi connectivity index (χ3n) is 6.78. The van der Waals surface area contributed by atoms with E-state index >= 15 is 0 Å². The quantitative estimate of drug-likeness (QED) is 0.283. The molecule has 0 heterocycles. The normalized spacial score (nSPS) is 14.2. The van der Waals surface area contributed by atoms with Crippen LogP contribution in [0.1, 0.15) is 39.2 Å². The topological polar surface area (TPSA) is 108 Å². The first-order valence-electron chi connectivity index (χ1n) is 13.8. The van der Waals surface area contributed by atoms with Crippen LogP contribution in [0.3, 0.4) is 0 Å². The van der Waals surface area contributed by atoms with E-state index in [1.165, 1.54) is 18.0 Å². The highest BCUT2D eigenvalue weighted by atomic mass is 19.4. The summed E-state index contributed by atoms with van der Waals surface area (Å²) in [4.78, 5) is 53.7. The Morgan fingerprint density at radius 2 is 1.50 bits per heavy atom. The number of hydrogen-bond donors (Lipinski definition) is 3. The lowest BCUT2D eigenvalue weighted by Gasteiger charge is -2.34. The first kappa shape index (κ1) is 34.1. The van der Waals surface area contributed by atoms with Gasteiger partial charge in [0.05, 0.1) is 0 Å². The maximum Gasteiger partial charge on any atom is 0.471 e. The van der Waals surface area contributed by atoms with Crippen LogP contribution in [-0.4, -0.2) is 59.9 Å². The second-order valence-corrected chi connectivity index (χ2v) is 10.5. The van der Waals surface area contributed by atoms with E-state index < -0.39 is 53.8 Å². The van der Waals surface area contributed by atoms with Crippen LogP contribution in [0.5, 0.6) is 0 Å². The van der Waals surface area contributed by atoms with Crippen LogP contribution < -0.4 is 16.0 Å². The number of amides is 4. The standard InChI is InChI=1S/C31H39F3N4O4/c1-6-22(7-2)26(29(41)38(5)25(18-20(3)4)28(40)35-23-16-12-9-13-17-23)37-27(39)24(36-30(42)31(32,33)34)19-21-14-10-8-11-15-21/h6,8-17,20,22,24-26H,1,7,18-19H2,2-5H3,(H,35,40)(H,36,42)(H,37,39)/t22?,24-,25-,26+/m0/s1. The Morgan fingerprint density at radius 3 is 2.00 bits per heavy atom. The second-order valence-electron chi connectivity index (χ2n) is 10.5. The van der Waals surface area contributed by atoms with Gasteiger partial charge in [0.1, 0.15) is 18.1 Å². The van der Waals surface area contributed by atoms with E-state index in [1.807, 2.05) is 13.8 Å². The van der Waals surface area contributed by atoms with Crippen molar-refractivity contribution in [3.8, 4) is 0 Å². The molecule has 0 aromatic heterocycles. The number of carbonyl (C=O) groups excluding carboxylic acids is 4. The molecule has 2 rings (SSSR count). The molecule has 0 fully saturated rings. The molecule has 2 aromatic carbocycles. The Balaban J connectivity index is 2.38. The summed E-state index contributed by atoms with van der Waals surface area (Å²) in [6.07, 6.45) is -3.32. The number of anilines is 1. The van der Waals surface area contributed by atoms with Gasteiger partial charge in [0.15, 0.2) is 0 Å². The molecule has 0 aliphatic rings. The molecule has 0 bridgehead atoms. The van der Waals surface area contributed by atoms with Gasteiger partial charge in [-0.25, -0.2) is 0 Å². The van der Waals surface area contributed by atoms with Crippen LogP contribution in [0.25, 0.3) is 0 Å². The molecular formula is C31H39F3N4O4. The molecule has 228 valence electrons. The van der Waals surface area contributed by atoms with Gasteiger partial charge in [0, 0.05) is 25.1 Å². The average Bonchev–Trinajstić information content (AvgIpc) is 2.95. The molecule has 0 spiro atoms. The van der Waals surface area contributed by atoms with Crippen molar-refractivity contribution in [2.75, 3.05) is 12.4 Å². The largest absolute Gasteiger partial charge is 0.471 e. The van der Waals surface area contributed by atoms with Crippen molar-refractivity contribution in [3.05, 3.63) is 78.9 Å². The van der Waals surface area contributed by atoms with Gasteiger partial charge in [-0.15, -0.1) is 6.58 Å². The number of halogens is 3. The minimum atomic E-state index is -5.21. The minimum Gasteiger partial charge on any atom is -0.342 e. The summed E-state index contributed by atoms with van der Waals surface area (Å²) in [5, 5.41) is 7.12. The van der Waals surface area contributed by atoms with Crippen molar-refractivity contribution in [3.63, 3.8) is 0 Å². The molecule has 1 unspecified atom stereocenters. The van der Waals surface area contributed by atoms with Gasteiger partial charge in [-0.1, -0.05) is 75.4 Å². The Bertz CT molecular complexity index is 1210. The van der Waals surface area contributed by atoms with Gasteiger partial charge >= 0.3 is 12.1 Å². The summed E-state index contributed by atoms with van der Waals surface area (Å²) < 4.78 is 39.3. The Labute approximate surface area is 244 Å². The maximum absolute atomic E-state index is 13.9. The minimum absolute atomic E-state index is 0.0222. The van der Waals surface area contributed by atoms with Crippen molar-refractivity contribution >= 4 is 29.3 Å². The van der Waals surface area contributed by atoms with Crippen LogP contribution in [0.15, 0.2) is 73.3 Å². The predicted molar refractivity (Wildman–Crippen MR) is 155 cm³/mol. The number of hydrogen-bond acceptors (Lipinski definition) is 4. The van der Waals surface area contributed by atoms with Crippen LogP contribution in [0.4, 0.5) is 18.9 Å². The summed E-state index contributed by atoms with van der Waals surface area (Å²) in [6, 6.07) is 13.2. The average molecular weight is 589 g/mol. The molecule has 0 saturated heterocycles. The molecule has 42 heavy (non-hydrogen) atoms.